The summed E-state index contributed by atoms with van der Waals surface area (Å²) in [5, 5.41) is 10.1. The van der Waals surface area contributed by atoms with Crippen LogP contribution in [0, 0.1) is 5.82 Å². The minimum absolute atomic E-state index is 0.239. The number of carbonyl (C=O) groups excluding carboxylic acids is 1. The van der Waals surface area contributed by atoms with Gasteiger partial charge in [-0.1, -0.05) is 12.1 Å². The van der Waals surface area contributed by atoms with Gasteiger partial charge in [-0.05, 0) is 48.0 Å². The molecule has 0 spiro atoms. The van der Waals surface area contributed by atoms with Crippen molar-refractivity contribution in [3.05, 3.63) is 94.3 Å². The Morgan fingerprint density at radius 2 is 1.93 bits per heavy atom. The van der Waals surface area contributed by atoms with Gasteiger partial charge in [0.15, 0.2) is 0 Å². The second-order valence-electron chi connectivity index (χ2n) is 6.70. The van der Waals surface area contributed by atoms with Gasteiger partial charge in [0.2, 0.25) is 5.91 Å². The fourth-order valence-corrected chi connectivity index (χ4v) is 3.76. The lowest BCUT2D eigenvalue weighted by Crippen LogP contribution is -2.07. The van der Waals surface area contributed by atoms with Gasteiger partial charge in [-0.3, -0.25) is 9.48 Å². The number of halogens is 1. The van der Waals surface area contributed by atoms with Crippen molar-refractivity contribution in [3.8, 4) is 11.3 Å². The minimum atomic E-state index is -0.296. The molecule has 5 nitrogen and oxygen atoms in total. The van der Waals surface area contributed by atoms with Gasteiger partial charge < -0.3 is 5.32 Å². The lowest BCUT2D eigenvalue weighted by molar-refractivity contribution is -0.111. The Balaban J connectivity index is 1.42. The molecule has 0 bridgehead atoms. The van der Waals surface area contributed by atoms with Gasteiger partial charge in [-0.2, -0.15) is 5.10 Å². The van der Waals surface area contributed by atoms with Crippen molar-refractivity contribution >= 4 is 29.0 Å². The summed E-state index contributed by atoms with van der Waals surface area (Å²) in [5.41, 5.74) is 4.27. The average molecular weight is 418 g/mol. The van der Waals surface area contributed by atoms with Crippen LogP contribution in [0.1, 0.15) is 16.1 Å². The van der Waals surface area contributed by atoms with Crippen molar-refractivity contribution in [3.63, 3.8) is 0 Å². The molecule has 2 heterocycles. The number of hydrogen-bond acceptors (Lipinski definition) is 4. The summed E-state index contributed by atoms with van der Waals surface area (Å²) in [4.78, 5) is 16.6. The number of thiazole rings is 1. The first-order valence-electron chi connectivity index (χ1n) is 9.33. The van der Waals surface area contributed by atoms with Gasteiger partial charge >= 0.3 is 0 Å². The monoisotopic (exact) mass is 418 g/mol. The smallest absolute Gasteiger partial charge is 0.248 e. The van der Waals surface area contributed by atoms with Crippen LogP contribution in [-0.2, 0) is 18.3 Å². The molecule has 7 heteroatoms. The molecule has 0 aliphatic carbocycles. The third kappa shape index (κ3) is 4.69. The van der Waals surface area contributed by atoms with E-state index in [9.17, 15) is 9.18 Å². The molecule has 30 heavy (non-hydrogen) atoms. The summed E-state index contributed by atoms with van der Waals surface area (Å²) in [5.74, 6) is -0.536. The van der Waals surface area contributed by atoms with Crippen molar-refractivity contribution in [2.75, 3.05) is 5.32 Å². The van der Waals surface area contributed by atoms with Crippen LogP contribution in [0.4, 0.5) is 10.1 Å². The number of hydrogen-bond donors (Lipinski definition) is 1. The highest BCUT2D eigenvalue weighted by Crippen LogP contribution is 2.24. The Morgan fingerprint density at radius 1 is 1.17 bits per heavy atom. The van der Waals surface area contributed by atoms with Gasteiger partial charge in [0, 0.05) is 47.9 Å². The summed E-state index contributed by atoms with van der Waals surface area (Å²) in [6.07, 6.45) is 7.42. The number of benzene rings is 2. The van der Waals surface area contributed by atoms with Crippen molar-refractivity contribution in [2.45, 2.75) is 6.42 Å². The topological polar surface area (TPSA) is 59.8 Å². The van der Waals surface area contributed by atoms with E-state index in [1.807, 2.05) is 36.7 Å². The first-order valence-corrected chi connectivity index (χ1v) is 10.2. The normalized spacial score (nSPS) is 11.1. The third-order valence-corrected chi connectivity index (χ3v) is 5.34. The van der Waals surface area contributed by atoms with Gasteiger partial charge in [0.25, 0.3) is 0 Å². The number of amides is 1. The van der Waals surface area contributed by atoms with E-state index in [-0.39, 0.29) is 11.7 Å². The number of aromatic nitrogens is 3. The predicted molar refractivity (Wildman–Crippen MR) is 118 cm³/mol. The molecule has 0 radical (unpaired) electrons. The van der Waals surface area contributed by atoms with Crippen molar-refractivity contribution in [1.29, 1.82) is 0 Å². The predicted octanol–water partition coefficient (Wildman–Crippen LogP) is 4.93. The second-order valence-corrected chi connectivity index (χ2v) is 7.68. The molecule has 4 aromatic rings. The molecule has 1 N–H and O–H groups in total. The minimum Gasteiger partial charge on any atom is -0.323 e. The molecule has 2 aromatic carbocycles. The van der Waals surface area contributed by atoms with Gasteiger partial charge in [-0.25, -0.2) is 9.37 Å². The first-order chi connectivity index (χ1) is 14.6. The van der Waals surface area contributed by atoms with Crippen LogP contribution in [0.15, 0.2) is 72.4 Å². The van der Waals surface area contributed by atoms with Crippen molar-refractivity contribution in [2.24, 2.45) is 7.05 Å². The van der Waals surface area contributed by atoms with Crippen LogP contribution in [-0.4, -0.2) is 20.7 Å². The van der Waals surface area contributed by atoms with Crippen LogP contribution in [0.25, 0.3) is 17.3 Å². The summed E-state index contributed by atoms with van der Waals surface area (Å²) < 4.78 is 14.9. The lowest BCUT2D eigenvalue weighted by atomic mass is 10.1. The third-order valence-electron chi connectivity index (χ3n) is 4.56. The lowest BCUT2D eigenvalue weighted by Gasteiger charge is -2.05. The molecule has 150 valence electrons. The zero-order valence-corrected chi connectivity index (χ0v) is 17.1. The summed E-state index contributed by atoms with van der Waals surface area (Å²) in [6.45, 7) is 0. The van der Waals surface area contributed by atoms with Crippen LogP contribution in [0.5, 0.6) is 0 Å². The summed E-state index contributed by atoms with van der Waals surface area (Å²) >= 11 is 1.62. The maximum atomic E-state index is 13.2. The van der Waals surface area contributed by atoms with Crippen LogP contribution in [0.2, 0.25) is 0 Å². The molecule has 0 fully saturated rings. The van der Waals surface area contributed by atoms with Gasteiger partial charge in [-0.15, -0.1) is 11.3 Å². The highest BCUT2D eigenvalue weighted by Gasteiger charge is 2.09. The van der Waals surface area contributed by atoms with E-state index < -0.39 is 0 Å². The maximum absolute atomic E-state index is 13.2. The number of rotatable bonds is 6. The molecule has 2 aromatic heterocycles. The molecule has 0 saturated heterocycles. The van der Waals surface area contributed by atoms with E-state index >= 15 is 0 Å². The number of anilines is 1. The molecule has 1 amide bonds. The fourth-order valence-electron chi connectivity index (χ4n) is 3.11. The first kappa shape index (κ1) is 19.7. The van der Waals surface area contributed by atoms with Crippen LogP contribution < -0.4 is 5.32 Å². The fraction of sp³-hybridized carbons (Fsp3) is 0.0870. The Morgan fingerprint density at radius 3 is 2.63 bits per heavy atom. The largest absolute Gasteiger partial charge is 0.323 e. The van der Waals surface area contributed by atoms with Crippen LogP contribution >= 0.6 is 11.3 Å². The zero-order valence-electron chi connectivity index (χ0n) is 16.2. The van der Waals surface area contributed by atoms with E-state index in [1.165, 1.54) is 18.2 Å². The van der Waals surface area contributed by atoms with E-state index in [2.05, 4.69) is 15.4 Å². The molecule has 0 aliphatic heterocycles. The van der Waals surface area contributed by atoms with E-state index in [0.29, 0.717) is 0 Å². The molecule has 0 saturated carbocycles. The Kier molecular flexibility index (Phi) is 5.81. The van der Waals surface area contributed by atoms with E-state index in [0.717, 1.165) is 39.5 Å². The molecular formula is C23H19FN4OS. The molecular weight excluding hydrogens is 399 g/mol. The van der Waals surface area contributed by atoms with Crippen molar-refractivity contribution < 1.29 is 9.18 Å². The Labute approximate surface area is 177 Å². The molecule has 0 aliphatic rings. The SMILES string of the molecule is Cn1ncc(C=CC(=O)Nc2ccc(Cc3nccs3)cc2)c1-c1ccc(F)cc1. The number of nitrogens with zero attached hydrogens (tertiary/aromatic N) is 3. The summed E-state index contributed by atoms with van der Waals surface area (Å²) in [7, 11) is 1.81. The van der Waals surface area contributed by atoms with Gasteiger partial charge in [0.05, 0.1) is 16.9 Å². The average Bonchev–Trinajstić information content (AvgIpc) is 3.38. The Bertz CT molecular complexity index is 1160. The number of nitrogens with one attached hydrogen (secondary N) is 1. The molecule has 4 rings (SSSR count). The molecule has 0 unspecified atom stereocenters. The standard InChI is InChI=1S/C23H19FN4OS/c1-28-23(17-4-7-19(24)8-5-17)18(15-26-28)6-11-21(29)27-20-9-2-16(3-10-20)14-22-25-12-13-30-22/h2-13,15H,14H2,1H3,(H,27,29). The van der Waals surface area contributed by atoms with Crippen molar-refractivity contribution in [1.82, 2.24) is 14.8 Å². The quantitative estimate of drug-likeness (QED) is 0.452. The van der Waals surface area contributed by atoms with E-state index in [4.69, 9.17) is 0 Å². The highest BCUT2D eigenvalue weighted by atomic mass is 32.1. The number of carbonyl (C=O) groups is 1. The number of aryl methyl sites for hydroxylation is 1. The Hall–Kier alpha value is -3.58. The highest BCUT2D eigenvalue weighted by molar-refractivity contribution is 7.09. The van der Waals surface area contributed by atoms with Gasteiger partial charge in [0.1, 0.15) is 5.82 Å². The van der Waals surface area contributed by atoms with Crippen LogP contribution in [0.3, 0.4) is 0 Å². The maximum Gasteiger partial charge on any atom is 0.248 e. The zero-order chi connectivity index (χ0) is 20.9. The summed E-state index contributed by atoms with van der Waals surface area (Å²) in [6, 6.07) is 13.9. The molecule has 0 atom stereocenters. The van der Waals surface area contributed by atoms with E-state index in [1.54, 1.807) is 46.6 Å². The second kappa shape index (κ2) is 8.84.